The summed E-state index contributed by atoms with van der Waals surface area (Å²) in [6.07, 6.45) is 1.95. The molecule has 2 rings (SSSR count). The van der Waals surface area contributed by atoms with Crippen molar-refractivity contribution >= 4 is 17.3 Å². The Morgan fingerprint density at radius 3 is 3.05 bits per heavy atom. The van der Waals surface area contributed by atoms with Crippen LogP contribution in [-0.2, 0) is 11.2 Å². The minimum absolute atomic E-state index is 0.338. The van der Waals surface area contributed by atoms with E-state index in [1.54, 1.807) is 18.2 Å². The fourth-order valence-corrected chi connectivity index (χ4v) is 1.57. The molecule has 0 bridgehead atoms. The number of ether oxygens (including phenoxy) is 1. The van der Waals surface area contributed by atoms with Crippen LogP contribution in [0.5, 0.6) is 0 Å². The second-order valence-electron chi connectivity index (χ2n) is 3.81. The van der Waals surface area contributed by atoms with Gasteiger partial charge in [-0.25, -0.2) is 4.79 Å². The largest absolute Gasteiger partial charge is 0.465 e. The third kappa shape index (κ3) is 3.21. The van der Waals surface area contributed by atoms with Crippen LogP contribution in [0, 0.1) is 0 Å². The van der Waals surface area contributed by atoms with E-state index in [1.807, 2.05) is 0 Å². The van der Waals surface area contributed by atoms with Crippen molar-refractivity contribution in [1.82, 2.24) is 10.1 Å². The van der Waals surface area contributed by atoms with Gasteiger partial charge in [-0.05, 0) is 18.2 Å². The fraction of sp³-hybridized carbons (Fsp3) is 0.250. The SMILES string of the molecule is COC(=O)c1cc(NCCc2ncno2)ccc1N. The molecule has 0 atom stereocenters. The molecule has 1 aromatic carbocycles. The van der Waals surface area contributed by atoms with Gasteiger partial charge in [0.15, 0.2) is 6.33 Å². The first-order chi connectivity index (χ1) is 9.20. The topological polar surface area (TPSA) is 103 Å². The lowest BCUT2D eigenvalue weighted by atomic mass is 10.1. The first-order valence-electron chi connectivity index (χ1n) is 5.68. The van der Waals surface area contributed by atoms with Gasteiger partial charge in [-0.15, -0.1) is 0 Å². The number of methoxy groups -OCH3 is 1. The van der Waals surface area contributed by atoms with E-state index < -0.39 is 5.97 Å². The highest BCUT2D eigenvalue weighted by Crippen LogP contribution is 2.18. The van der Waals surface area contributed by atoms with Gasteiger partial charge in [-0.2, -0.15) is 4.98 Å². The first-order valence-corrected chi connectivity index (χ1v) is 5.68. The molecule has 3 N–H and O–H groups in total. The predicted molar refractivity (Wildman–Crippen MR) is 68.7 cm³/mol. The number of rotatable bonds is 5. The monoisotopic (exact) mass is 262 g/mol. The summed E-state index contributed by atoms with van der Waals surface area (Å²) in [5, 5.41) is 6.65. The highest BCUT2D eigenvalue weighted by atomic mass is 16.5. The van der Waals surface area contributed by atoms with Crippen LogP contribution in [0.3, 0.4) is 0 Å². The summed E-state index contributed by atoms with van der Waals surface area (Å²) < 4.78 is 9.53. The van der Waals surface area contributed by atoms with Gasteiger partial charge in [0.25, 0.3) is 0 Å². The molecule has 0 saturated heterocycles. The van der Waals surface area contributed by atoms with E-state index >= 15 is 0 Å². The van der Waals surface area contributed by atoms with E-state index in [0.29, 0.717) is 30.1 Å². The lowest BCUT2D eigenvalue weighted by Crippen LogP contribution is -2.09. The maximum Gasteiger partial charge on any atom is 0.340 e. The summed E-state index contributed by atoms with van der Waals surface area (Å²) in [6.45, 7) is 0.604. The second-order valence-corrected chi connectivity index (χ2v) is 3.81. The molecule has 0 aliphatic rings. The molecule has 0 unspecified atom stereocenters. The maximum absolute atomic E-state index is 11.5. The Labute approximate surface area is 109 Å². The number of aromatic nitrogens is 2. The molecule has 0 amide bonds. The molecular weight excluding hydrogens is 248 g/mol. The summed E-state index contributed by atoms with van der Waals surface area (Å²) in [4.78, 5) is 15.4. The average Bonchev–Trinajstić information content (AvgIpc) is 2.93. The van der Waals surface area contributed by atoms with Crippen molar-refractivity contribution in [2.24, 2.45) is 0 Å². The Morgan fingerprint density at radius 1 is 1.53 bits per heavy atom. The summed E-state index contributed by atoms with van der Waals surface area (Å²) in [5.74, 6) is 0.0918. The molecule has 7 nitrogen and oxygen atoms in total. The lowest BCUT2D eigenvalue weighted by Gasteiger charge is -2.08. The van der Waals surface area contributed by atoms with E-state index in [-0.39, 0.29) is 0 Å². The van der Waals surface area contributed by atoms with Crippen LogP contribution in [0.4, 0.5) is 11.4 Å². The minimum Gasteiger partial charge on any atom is -0.465 e. The van der Waals surface area contributed by atoms with Crippen LogP contribution in [0.2, 0.25) is 0 Å². The first kappa shape index (κ1) is 12.9. The maximum atomic E-state index is 11.5. The average molecular weight is 262 g/mol. The zero-order chi connectivity index (χ0) is 13.7. The molecule has 1 aromatic heterocycles. The molecule has 0 saturated carbocycles. The quantitative estimate of drug-likeness (QED) is 0.614. The lowest BCUT2D eigenvalue weighted by molar-refractivity contribution is 0.0602. The number of hydrogen-bond acceptors (Lipinski definition) is 7. The van der Waals surface area contributed by atoms with Crippen molar-refractivity contribution in [2.45, 2.75) is 6.42 Å². The Balaban J connectivity index is 1.99. The van der Waals surface area contributed by atoms with Crippen molar-refractivity contribution in [3.8, 4) is 0 Å². The Bertz CT molecular complexity index is 554. The molecule has 100 valence electrons. The van der Waals surface area contributed by atoms with Gasteiger partial charge in [0.2, 0.25) is 5.89 Å². The minimum atomic E-state index is -0.460. The molecular formula is C12H14N4O3. The highest BCUT2D eigenvalue weighted by molar-refractivity contribution is 5.96. The number of carbonyl (C=O) groups is 1. The summed E-state index contributed by atoms with van der Waals surface area (Å²) in [7, 11) is 1.32. The molecule has 1 heterocycles. The number of esters is 1. The van der Waals surface area contributed by atoms with E-state index in [9.17, 15) is 4.79 Å². The number of carbonyl (C=O) groups excluding carboxylic acids is 1. The summed E-state index contributed by atoms with van der Waals surface area (Å²) >= 11 is 0. The van der Waals surface area contributed by atoms with Gasteiger partial charge in [0.05, 0.1) is 12.7 Å². The predicted octanol–water partition coefficient (Wildman–Crippen LogP) is 1.09. The standard InChI is InChI=1S/C12H14N4O3/c1-18-12(17)9-6-8(2-3-10(9)13)14-5-4-11-15-7-16-19-11/h2-3,6-7,14H,4-5,13H2,1H3. The van der Waals surface area contributed by atoms with Crippen molar-refractivity contribution in [3.05, 3.63) is 36.0 Å². The normalized spacial score (nSPS) is 10.2. The number of hydrogen-bond donors (Lipinski definition) is 2. The van der Waals surface area contributed by atoms with Crippen molar-refractivity contribution < 1.29 is 14.1 Å². The molecule has 0 aliphatic heterocycles. The van der Waals surface area contributed by atoms with Gasteiger partial charge in [-0.3, -0.25) is 0 Å². The second kappa shape index (κ2) is 5.85. The van der Waals surface area contributed by atoms with E-state index in [0.717, 1.165) is 5.69 Å². The number of benzene rings is 1. The molecule has 19 heavy (non-hydrogen) atoms. The van der Waals surface area contributed by atoms with Crippen LogP contribution in [0.25, 0.3) is 0 Å². The number of nitrogens with one attached hydrogen (secondary N) is 1. The number of anilines is 2. The van der Waals surface area contributed by atoms with Gasteiger partial charge in [0.1, 0.15) is 0 Å². The smallest absolute Gasteiger partial charge is 0.340 e. The van der Waals surface area contributed by atoms with Gasteiger partial charge in [-0.1, -0.05) is 5.16 Å². The number of nitrogens with two attached hydrogens (primary N) is 1. The fourth-order valence-electron chi connectivity index (χ4n) is 1.57. The van der Waals surface area contributed by atoms with E-state index in [1.165, 1.54) is 13.4 Å². The van der Waals surface area contributed by atoms with E-state index in [4.69, 9.17) is 10.3 Å². The molecule has 2 aromatic rings. The van der Waals surface area contributed by atoms with Crippen molar-refractivity contribution in [3.63, 3.8) is 0 Å². The van der Waals surface area contributed by atoms with Crippen molar-refractivity contribution in [1.29, 1.82) is 0 Å². The number of nitrogen functional groups attached to an aromatic ring is 1. The zero-order valence-electron chi connectivity index (χ0n) is 10.4. The van der Waals surface area contributed by atoms with Crippen LogP contribution < -0.4 is 11.1 Å². The Morgan fingerprint density at radius 2 is 2.37 bits per heavy atom. The number of nitrogens with zero attached hydrogens (tertiary/aromatic N) is 2. The third-order valence-electron chi connectivity index (χ3n) is 2.53. The van der Waals surface area contributed by atoms with E-state index in [2.05, 4.69) is 20.2 Å². The summed E-state index contributed by atoms with van der Waals surface area (Å²) in [6, 6.07) is 5.09. The molecule has 7 heteroatoms. The van der Waals surface area contributed by atoms with Gasteiger partial charge in [0, 0.05) is 24.3 Å². The molecule has 0 radical (unpaired) electrons. The van der Waals surface area contributed by atoms with Crippen LogP contribution in [-0.4, -0.2) is 29.8 Å². The molecule has 0 fully saturated rings. The van der Waals surface area contributed by atoms with Crippen LogP contribution in [0.1, 0.15) is 16.2 Å². The summed E-state index contributed by atoms with van der Waals surface area (Å²) in [5.41, 5.74) is 7.20. The van der Waals surface area contributed by atoms with Crippen LogP contribution in [0.15, 0.2) is 29.0 Å². The van der Waals surface area contributed by atoms with Crippen molar-refractivity contribution in [2.75, 3.05) is 24.7 Å². The highest BCUT2D eigenvalue weighted by Gasteiger charge is 2.10. The third-order valence-corrected chi connectivity index (χ3v) is 2.53. The zero-order valence-corrected chi connectivity index (χ0v) is 10.4. The molecule has 0 aliphatic carbocycles. The molecule has 0 spiro atoms. The van der Waals surface area contributed by atoms with Crippen LogP contribution >= 0.6 is 0 Å². The Hall–Kier alpha value is -2.57. The van der Waals surface area contributed by atoms with Gasteiger partial charge >= 0.3 is 5.97 Å². The Kier molecular flexibility index (Phi) is 3.97. The van der Waals surface area contributed by atoms with Gasteiger partial charge < -0.3 is 20.3 Å².